The van der Waals surface area contributed by atoms with E-state index in [1.54, 1.807) is 6.07 Å². The molecule has 0 aliphatic heterocycles. The van der Waals surface area contributed by atoms with Crippen LogP contribution in [0.15, 0.2) is 30.3 Å². The van der Waals surface area contributed by atoms with Gasteiger partial charge in [-0.15, -0.1) is 0 Å². The molecular formula is C13H9Cl3FNO. The monoisotopic (exact) mass is 319 g/mol. The molecule has 0 spiro atoms. The van der Waals surface area contributed by atoms with Crippen LogP contribution in [0.1, 0.15) is 5.56 Å². The van der Waals surface area contributed by atoms with Crippen LogP contribution in [-0.2, 0) is 6.61 Å². The van der Waals surface area contributed by atoms with E-state index in [0.717, 1.165) is 0 Å². The van der Waals surface area contributed by atoms with Gasteiger partial charge in [0.2, 0.25) is 0 Å². The molecule has 6 heteroatoms. The van der Waals surface area contributed by atoms with Crippen molar-refractivity contribution in [3.63, 3.8) is 0 Å². The van der Waals surface area contributed by atoms with Crippen LogP contribution in [0, 0.1) is 5.82 Å². The molecular weight excluding hydrogens is 312 g/mol. The SMILES string of the molecule is Nc1ccc(COc2cc(Cl)c(Cl)cc2Cl)cc1F. The van der Waals surface area contributed by atoms with Gasteiger partial charge < -0.3 is 10.5 Å². The van der Waals surface area contributed by atoms with E-state index >= 15 is 0 Å². The van der Waals surface area contributed by atoms with Crippen molar-refractivity contribution < 1.29 is 9.13 Å². The quantitative estimate of drug-likeness (QED) is 0.641. The highest BCUT2D eigenvalue weighted by Gasteiger charge is 2.08. The predicted octanol–water partition coefficient (Wildman–Crippen LogP) is 4.95. The van der Waals surface area contributed by atoms with Crippen LogP contribution in [0.3, 0.4) is 0 Å². The Bertz CT molecular complexity index is 619. The van der Waals surface area contributed by atoms with Crippen molar-refractivity contribution in [3.05, 3.63) is 56.8 Å². The second-order valence-corrected chi connectivity index (χ2v) is 5.06. The highest BCUT2D eigenvalue weighted by atomic mass is 35.5. The van der Waals surface area contributed by atoms with Crippen molar-refractivity contribution >= 4 is 40.5 Å². The Hall–Kier alpha value is -1.16. The minimum atomic E-state index is -0.485. The Balaban J connectivity index is 2.14. The number of nitrogen functional groups attached to an aromatic ring is 1. The van der Waals surface area contributed by atoms with E-state index in [1.165, 1.54) is 24.3 Å². The first-order chi connectivity index (χ1) is 8.97. The third-order valence-corrected chi connectivity index (χ3v) is 3.45. The summed E-state index contributed by atoms with van der Waals surface area (Å²) in [5, 5.41) is 1.02. The fourth-order valence-electron chi connectivity index (χ4n) is 1.44. The molecule has 0 heterocycles. The Morgan fingerprint density at radius 3 is 2.37 bits per heavy atom. The molecule has 0 atom stereocenters. The topological polar surface area (TPSA) is 35.2 Å². The second kappa shape index (κ2) is 5.87. The number of rotatable bonds is 3. The highest BCUT2D eigenvalue weighted by molar-refractivity contribution is 6.43. The maximum Gasteiger partial charge on any atom is 0.146 e. The zero-order valence-electron chi connectivity index (χ0n) is 9.59. The van der Waals surface area contributed by atoms with Gasteiger partial charge in [0.1, 0.15) is 18.2 Å². The zero-order chi connectivity index (χ0) is 14.0. The van der Waals surface area contributed by atoms with Crippen molar-refractivity contribution in [3.8, 4) is 5.75 Å². The van der Waals surface area contributed by atoms with Crippen LogP contribution in [-0.4, -0.2) is 0 Å². The number of anilines is 1. The molecule has 0 aliphatic rings. The number of hydrogen-bond acceptors (Lipinski definition) is 2. The van der Waals surface area contributed by atoms with Gasteiger partial charge in [0, 0.05) is 6.07 Å². The molecule has 0 bridgehead atoms. The van der Waals surface area contributed by atoms with Crippen molar-refractivity contribution in [1.82, 2.24) is 0 Å². The maximum absolute atomic E-state index is 13.3. The Morgan fingerprint density at radius 2 is 1.68 bits per heavy atom. The number of hydrogen-bond donors (Lipinski definition) is 1. The molecule has 0 saturated heterocycles. The van der Waals surface area contributed by atoms with Gasteiger partial charge in [-0.3, -0.25) is 0 Å². The minimum Gasteiger partial charge on any atom is -0.487 e. The highest BCUT2D eigenvalue weighted by Crippen LogP contribution is 2.34. The summed E-state index contributed by atoms with van der Waals surface area (Å²) in [6.45, 7) is 0.148. The summed E-state index contributed by atoms with van der Waals surface area (Å²) >= 11 is 17.6. The number of ether oxygens (including phenoxy) is 1. The molecule has 2 N–H and O–H groups in total. The second-order valence-electron chi connectivity index (χ2n) is 3.84. The minimum absolute atomic E-state index is 0.0938. The van der Waals surface area contributed by atoms with Gasteiger partial charge in [0.05, 0.1) is 20.8 Å². The molecule has 2 rings (SSSR count). The molecule has 19 heavy (non-hydrogen) atoms. The molecule has 0 saturated carbocycles. The molecule has 2 aromatic rings. The predicted molar refractivity (Wildman–Crippen MR) is 76.6 cm³/mol. The normalized spacial score (nSPS) is 10.5. The van der Waals surface area contributed by atoms with Gasteiger partial charge in [-0.2, -0.15) is 0 Å². The van der Waals surface area contributed by atoms with Crippen molar-refractivity contribution in [2.24, 2.45) is 0 Å². The average Bonchev–Trinajstić information content (AvgIpc) is 2.36. The van der Waals surface area contributed by atoms with Gasteiger partial charge in [0.15, 0.2) is 0 Å². The first kappa shape index (κ1) is 14.3. The third kappa shape index (κ3) is 3.44. The summed E-state index contributed by atoms with van der Waals surface area (Å²) in [4.78, 5) is 0. The summed E-state index contributed by atoms with van der Waals surface area (Å²) in [5.74, 6) is -0.102. The van der Waals surface area contributed by atoms with E-state index in [0.29, 0.717) is 26.4 Å². The van der Waals surface area contributed by atoms with Gasteiger partial charge in [-0.1, -0.05) is 40.9 Å². The standard InChI is InChI=1S/C13H9Cl3FNO/c14-8-4-10(16)13(5-9(8)15)19-6-7-1-2-12(18)11(17)3-7/h1-5H,6,18H2. The smallest absolute Gasteiger partial charge is 0.146 e. The summed E-state index contributed by atoms with van der Waals surface area (Å²) in [5.41, 5.74) is 6.11. The Labute approximate surface area is 124 Å². The van der Waals surface area contributed by atoms with Gasteiger partial charge >= 0.3 is 0 Å². The van der Waals surface area contributed by atoms with E-state index in [9.17, 15) is 4.39 Å². The van der Waals surface area contributed by atoms with Gasteiger partial charge in [-0.25, -0.2) is 4.39 Å². The number of benzene rings is 2. The first-order valence-corrected chi connectivity index (χ1v) is 6.42. The lowest BCUT2D eigenvalue weighted by atomic mass is 10.2. The van der Waals surface area contributed by atoms with E-state index in [4.69, 9.17) is 45.3 Å². The fourth-order valence-corrected chi connectivity index (χ4v) is 2.03. The maximum atomic E-state index is 13.3. The molecule has 2 aromatic carbocycles. The van der Waals surface area contributed by atoms with Crippen LogP contribution < -0.4 is 10.5 Å². The Morgan fingerprint density at radius 1 is 1.00 bits per heavy atom. The van der Waals surface area contributed by atoms with Crippen LogP contribution in [0.4, 0.5) is 10.1 Å². The van der Waals surface area contributed by atoms with E-state index in [2.05, 4.69) is 0 Å². The Kier molecular flexibility index (Phi) is 4.40. The third-order valence-electron chi connectivity index (χ3n) is 2.43. The summed E-state index contributed by atoms with van der Waals surface area (Å²) < 4.78 is 18.7. The molecule has 100 valence electrons. The lowest BCUT2D eigenvalue weighted by Crippen LogP contribution is -1.98. The van der Waals surface area contributed by atoms with E-state index < -0.39 is 5.82 Å². The van der Waals surface area contributed by atoms with Gasteiger partial charge in [-0.05, 0) is 23.8 Å². The number of nitrogens with two attached hydrogens (primary N) is 1. The molecule has 0 unspecified atom stereocenters. The molecule has 2 nitrogen and oxygen atoms in total. The average molecular weight is 321 g/mol. The van der Waals surface area contributed by atoms with Crippen LogP contribution in [0.2, 0.25) is 15.1 Å². The first-order valence-electron chi connectivity index (χ1n) is 5.28. The molecule has 0 amide bonds. The van der Waals surface area contributed by atoms with Crippen molar-refractivity contribution in [2.75, 3.05) is 5.73 Å². The summed E-state index contributed by atoms with van der Waals surface area (Å²) in [6, 6.07) is 7.46. The fraction of sp³-hybridized carbons (Fsp3) is 0.0769. The van der Waals surface area contributed by atoms with E-state index in [1.807, 2.05) is 0 Å². The largest absolute Gasteiger partial charge is 0.487 e. The lowest BCUT2D eigenvalue weighted by molar-refractivity contribution is 0.306. The van der Waals surface area contributed by atoms with Crippen LogP contribution >= 0.6 is 34.8 Å². The zero-order valence-corrected chi connectivity index (χ0v) is 11.9. The van der Waals surface area contributed by atoms with E-state index in [-0.39, 0.29) is 12.3 Å². The lowest BCUT2D eigenvalue weighted by Gasteiger charge is -2.10. The summed E-state index contributed by atoms with van der Waals surface area (Å²) in [7, 11) is 0. The molecule has 0 fully saturated rings. The van der Waals surface area contributed by atoms with Gasteiger partial charge in [0.25, 0.3) is 0 Å². The summed E-state index contributed by atoms with van der Waals surface area (Å²) in [6.07, 6.45) is 0. The molecule has 0 aliphatic carbocycles. The number of halogens is 4. The van der Waals surface area contributed by atoms with Crippen LogP contribution in [0.25, 0.3) is 0 Å². The molecule has 0 aromatic heterocycles. The molecule has 0 radical (unpaired) electrons. The van der Waals surface area contributed by atoms with Crippen molar-refractivity contribution in [1.29, 1.82) is 0 Å². The van der Waals surface area contributed by atoms with Crippen molar-refractivity contribution in [2.45, 2.75) is 6.61 Å². The van der Waals surface area contributed by atoms with Crippen LogP contribution in [0.5, 0.6) is 5.75 Å².